The van der Waals surface area contributed by atoms with Crippen LogP contribution in [0.3, 0.4) is 0 Å². The van der Waals surface area contributed by atoms with Crippen LogP contribution in [0, 0.1) is 5.92 Å². The fourth-order valence-electron chi connectivity index (χ4n) is 3.29. The average molecular weight is 512 g/mol. The third-order valence-electron chi connectivity index (χ3n) is 4.96. The van der Waals surface area contributed by atoms with Gasteiger partial charge in [-0.1, -0.05) is 44.2 Å². The lowest BCUT2D eigenvalue weighted by atomic mass is 10.2. The highest BCUT2D eigenvalue weighted by molar-refractivity contribution is 7.92. The lowest BCUT2D eigenvalue weighted by Gasteiger charge is -2.23. The number of anilines is 2. The Morgan fingerprint density at radius 3 is 2.23 bits per heavy atom. The van der Waals surface area contributed by atoms with Crippen molar-refractivity contribution in [3.8, 4) is 5.75 Å². The molecule has 3 rings (SSSR count). The number of amides is 1. The molecular formula is C26H29N3O4S2. The first kappa shape index (κ1) is 26.2. The number of hydrogen-bond acceptors (Lipinski definition) is 5. The van der Waals surface area contributed by atoms with Gasteiger partial charge in [0.15, 0.2) is 5.11 Å². The van der Waals surface area contributed by atoms with Crippen LogP contribution >= 0.6 is 12.2 Å². The molecule has 0 heterocycles. The molecule has 0 fully saturated rings. The predicted octanol–water partition coefficient (Wildman–Crippen LogP) is 5.06. The number of carbonyl (C=O) groups is 1. The third kappa shape index (κ3) is 6.80. The van der Waals surface area contributed by atoms with Crippen molar-refractivity contribution in [2.45, 2.75) is 25.7 Å². The number of thiocarbonyl (C=S) groups is 1. The van der Waals surface area contributed by atoms with Gasteiger partial charge in [0.05, 0.1) is 22.8 Å². The summed E-state index contributed by atoms with van der Waals surface area (Å²) in [7, 11) is -3.73. The molecule has 0 saturated heterocycles. The van der Waals surface area contributed by atoms with Crippen LogP contribution in [0.4, 0.5) is 11.4 Å². The number of nitrogens with one attached hydrogen (secondary N) is 2. The zero-order chi connectivity index (χ0) is 25.4. The van der Waals surface area contributed by atoms with Gasteiger partial charge in [0.25, 0.3) is 15.9 Å². The molecule has 2 N–H and O–H groups in total. The maximum Gasteiger partial charge on any atom is 0.264 e. The number of para-hydroxylation sites is 2. The highest BCUT2D eigenvalue weighted by Crippen LogP contribution is 2.24. The van der Waals surface area contributed by atoms with E-state index in [4.69, 9.17) is 17.0 Å². The van der Waals surface area contributed by atoms with E-state index in [0.29, 0.717) is 41.8 Å². The largest absolute Gasteiger partial charge is 0.492 e. The third-order valence-corrected chi connectivity index (χ3v) is 7.08. The fraction of sp³-hybridized carbons (Fsp3) is 0.231. The molecule has 184 valence electrons. The summed E-state index contributed by atoms with van der Waals surface area (Å²) < 4.78 is 33.4. The fourth-order valence-corrected chi connectivity index (χ4v) is 4.98. The normalized spacial score (nSPS) is 11.1. The average Bonchev–Trinajstić information content (AvgIpc) is 2.84. The molecule has 0 radical (unpaired) electrons. The topological polar surface area (TPSA) is 87.7 Å². The summed E-state index contributed by atoms with van der Waals surface area (Å²) in [5, 5.41) is 5.64. The predicted molar refractivity (Wildman–Crippen MR) is 144 cm³/mol. The van der Waals surface area contributed by atoms with Gasteiger partial charge in [-0.25, -0.2) is 8.42 Å². The Bertz CT molecular complexity index is 1260. The SMILES string of the molecule is CCN(c1ccccc1)S(=O)(=O)c1ccc(NC(=S)NC(=O)c2ccccc2OCC(C)C)cc1. The second-order valence-corrected chi connectivity index (χ2v) is 10.4. The highest BCUT2D eigenvalue weighted by Gasteiger charge is 2.23. The van der Waals surface area contributed by atoms with Crippen LogP contribution in [0.5, 0.6) is 5.75 Å². The Labute approximate surface area is 212 Å². The number of ether oxygens (including phenoxy) is 1. The molecule has 3 aromatic rings. The Morgan fingerprint density at radius 1 is 0.971 bits per heavy atom. The van der Waals surface area contributed by atoms with Crippen molar-refractivity contribution in [2.75, 3.05) is 22.8 Å². The van der Waals surface area contributed by atoms with E-state index in [2.05, 4.69) is 10.6 Å². The molecule has 0 unspecified atom stereocenters. The molecule has 0 atom stereocenters. The Kier molecular flexibility index (Phi) is 8.84. The quantitative estimate of drug-likeness (QED) is 0.390. The van der Waals surface area contributed by atoms with E-state index in [1.807, 2.05) is 19.9 Å². The number of sulfonamides is 1. The van der Waals surface area contributed by atoms with Gasteiger partial charge in [-0.05, 0) is 73.6 Å². The summed E-state index contributed by atoms with van der Waals surface area (Å²) in [4.78, 5) is 12.9. The maximum absolute atomic E-state index is 13.1. The summed E-state index contributed by atoms with van der Waals surface area (Å²) in [6.07, 6.45) is 0. The van der Waals surface area contributed by atoms with Crippen LogP contribution in [0.25, 0.3) is 0 Å². The molecular weight excluding hydrogens is 482 g/mol. The number of rotatable bonds is 9. The minimum Gasteiger partial charge on any atom is -0.492 e. The second kappa shape index (κ2) is 11.8. The number of hydrogen-bond donors (Lipinski definition) is 2. The van der Waals surface area contributed by atoms with E-state index < -0.39 is 15.9 Å². The van der Waals surface area contributed by atoms with E-state index >= 15 is 0 Å². The van der Waals surface area contributed by atoms with Crippen LogP contribution in [0.1, 0.15) is 31.1 Å². The van der Waals surface area contributed by atoms with Crippen molar-refractivity contribution < 1.29 is 17.9 Å². The van der Waals surface area contributed by atoms with E-state index in [1.54, 1.807) is 67.6 Å². The molecule has 3 aromatic carbocycles. The molecule has 1 amide bonds. The molecule has 0 spiro atoms. The van der Waals surface area contributed by atoms with Crippen LogP contribution < -0.4 is 19.7 Å². The summed E-state index contributed by atoms with van der Waals surface area (Å²) in [6.45, 7) is 6.62. The number of benzene rings is 3. The molecule has 0 bridgehead atoms. The van der Waals surface area contributed by atoms with E-state index in [1.165, 1.54) is 16.4 Å². The number of carbonyl (C=O) groups excluding carboxylic acids is 1. The first-order chi connectivity index (χ1) is 16.7. The summed E-state index contributed by atoms with van der Waals surface area (Å²) in [6, 6.07) is 22.1. The lowest BCUT2D eigenvalue weighted by Crippen LogP contribution is -2.34. The molecule has 7 nitrogen and oxygen atoms in total. The molecule has 0 saturated carbocycles. The molecule has 35 heavy (non-hydrogen) atoms. The second-order valence-electron chi connectivity index (χ2n) is 8.14. The van der Waals surface area contributed by atoms with Gasteiger partial charge in [0.2, 0.25) is 0 Å². The Balaban J connectivity index is 1.67. The summed E-state index contributed by atoms with van der Waals surface area (Å²) >= 11 is 5.28. The zero-order valence-corrected chi connectivity index (χ0v) is 21.5. The van der Waals surface area contributed by atoms with Gasteiger partial charge < -0.3 is 10.1 Å². The minimum absolute atomic E-state index is 0.0868. The van der Waals surface area contributed by atoms with Gasteiger partial charge in [-0.2, -0.15) is 0 Å². The molecule has 0 aliphatic heterocycles. The van der Waals surface area contributed by atoms with Crippen molar-refractivity contribution in [2.24, 2.45) is 5.92 Å². The van der Waals surface area contributed by atoms with Crippen LogP contribution in [0.15, 0.2) is 83.8 Å². The summed E-state index contributed by atoms with van der Waals surface area (Å²) in [5.41, 5.74) is 1.51. The Morgan fingerprint density at radius 2 is 1.60 bits per heavy atom. The van der Waals surface area contributed by atoms with Gasteiger partial charge in [0, 0.05) is 12.2 Å². The molecule has 0 aliphatic rings. The van der Waals surface area contributed by atoms with Crippen LogP contribution in [-0.2, 0) is 10.0 Å². The van der Waals surface area contributed by atoms with Gasteiger partial charge in [0.1, 0.15) is 5.75 Å². The van der Waals surface area contributed by atoms with E-state index in [9.17, 15) is 13.2 Å². The first-order valence-electron chi connectivity index (χ1n) is 11.2. The molecule has 9 heteroatoms. The van der Waals surface area contributed by atoms with Crippen LogP contribution in [0.2, 0.25) is 0 Å². The van der Waals surface area contributed by atoms with Gasteiger partial charge >= 0.3 is 0 Å². The van der Waals surface area contributed by atoms with Gasteiger partial charge in [-0.15, -0.1) is 0 Å². The van der Waals surface area contributed by atoms with Gasteiger partial charge in [-0.3, -0.25) is 14.4 Å². The standard InChI is InChI=1S/C26H29N3O4S2/c1-4-29(21-10-6-5-7-11-21)35(31,32)22-16-14-20(15-17-22)27-26(34)28-25(30)23-12-8-9-13-24(23)33-18-19(2)3/h5-17,19H,4,18H2,1-3H3,(H2,27,28,30,34). The summed E-state index contributed by atoms with van der Waals surface area (Å²) in [5.74, 6) is 0.398. The monoisotopic (exact) mass is 511 g/mol. The number of nitrogens with zero attached hydrogens (tertiary/aromatic N) is 1. The smallest absolute Gasteiger partial charge is 0.264 e. The van der Waals surface area contributed by atoms with E-state index in [0.717, 1.165) is 0 Å². The molecule has 0 aromatic heterocycles. The highest BCUT2D eigenvalue weighted by atomic mass is 32.2. The van der Waals surface area contributed by atoms with Crippen molar-refractivity contribution in [3.63, 3.8) is 0 Å². The molecule has 0 aliphatic carbocycles. The van der Waals surface area contributed by atoms with E-state index in [-0.39, 0.29) is 10.0 Å². The van der Waals surface area contributed by atoms with Crippen molar-refractivity contribution in [3.05, 3.63) is 84.4 Å². The van der Waals surface area contributed by atoms with Crippen molar-refractivity contribution in [1.82, 2.24) is 5.32 Å². The maximum atomic E-state index is 13.1. The van der Waals surface area contributed by atoms with Crippen molar-refractivity contribution in [1.29, 1.82) is 0 Å². The Hall–Kier alpha value is -3.43. The lowest BCUT2D eigenvalue weighted by molar-refractivity contribution is 0.0973. The first-order valence-corrected chi connectivity index (χ1v) is 13.1. The minimum atomic E-state index is -3.73. The van der Waals surface area contributed by atoms with Crippen LogP contribution in [-0.4, -0.2) is 32.6 Å². The zero-order valence-electron chi connectivity index (χ0n) is 19.9. The van der Waals surface area contributed by atoms with Crippen molar-refractivity contribution >= 4 is 44.6 Å².